The predicted octanol–water partition coefficient (Wildman–Crippen LogP) is 2.40. The molecule has 0 amide bonds. The molecule has 1 rings (SSSR count). The smallest absolute Gasteiger partial charge is 0.349 e. The first-order valence-electron chi connectivity index (χ1n) is 3.80. The molecule has 4 heteroatoms. The van der Waals surface area contributed by atoms with Crippen LogP contribution in [0, 0.1) is 0 Å². The van der Waals surface area contributed by atoms with Crippen LogP contribution in [0.2, 0.25) is 0 Å². The molecule has 0 saturated heterocycles. The van der Waals surface area contributed by atoms with Gasteiger partial charge in [0.15, 0.2) is 4.88 Å². The Balaban J connectivity index is 2.60. The van der Waals surface area contributed by atoms with Gasteiger partial charge in [-0.1, -0.05) is 6.08 Å². The Morgan fingerprint density at radius 1 is 1.77 bits per heavy atom. The normalized spacial score (nSPS) is 9.54. The average molecular weight is 198 g/mol. The van der Waals surface area contributed by atoms with Crippen LogP contribution in [0.4, 0.5) is 0 Å². The van der Waals surface area contributed by atoms with Gasteiger partial charge in [-0.25, -0.2) is 4.79 Å². The highest BCUT2D eigenvalue weighted by Crippen LogP contribution is 2.24. The lowest BCUT2D eigenvalue weighted by atomic mass is 10.4. The number of hydrogen-bond acceptors (Lipinski definition) is 3. The topological polar surface area (TPSA) is 46.5 Å². The Kier molecular flexibility index (Phi) is 3.52. The van der Waals surface area contributed by atoms with E-state index in [9.17, 15) is 4.79 Å². The van der Waals surface area contributed by atoms with Crippen molar-refractivity contribution in [2.75, 3.05) is 6.61 Å². The third-order valence-electron chi connectivity index (χ3n) is 1.40. The van der Waals surface area contributed by atoms with E-state index in [-0.39, 0.29) is 4.88 Å². The van der Waals surface area contributed by atoms with Gasteiger partial charge in [0.05, 0.1) is 6.61 Å². The lowest BCUT2D eigenvalue weighted by molar-refractivity contribution is 0.0698. The molecule has 1 aromatic heterocycles. The van der Waals surface area contributed by atoms with Gasteiger partial charge in [0.1, 0.15) is 5.75 Å². The Hall–Kier alpha value is -1.29. The number of hydrogen-bond donors (Lipinski definition) is 1. The average Bonchev–Trinajstić information content (AvgIpc) is 2.53. The molecule has 0 spiro atoms. The minimum atomic E-state index is -0.941. The molecule has 0 saturated carbocycles. The van der Waals surface area contributed by atoms with Crippen molar-refractivity contribution in [2.45, 2.75) is 6.42 Å². The number of rotatable bonds is 5. The summed E-state index contributed by atoms with van der Waals surface area (Å²) >= 11 is 1.17. The SMILES string of the molecule is C=CCCOc1ccsc1C(=O)O. The standard InChI is InChI=1S/C9H10O3S/c1-2-3-5-12-7-4-6-13-8(7)9(10)11/h2,4,6H,1,3,5H2,(H,10,11). The minimum absolute atomic E-state index is 0.254. The van der Waals surface area contributed by atoms with Crippen LogP contribution in [0.3, 0.4) is 0 Å². The van der Waals surface area contributed by atoms with E-state index in [0.29, 0.717) is 12.4 Å². The molecule has 70 valence electrons. The van der Waals surface area contributed by atoms with E-state index in [1.54, 1.807) is 17.5 Å². The summed E-state index contributed by atoms with van der Waals surface area (Å²) in [6, 6.07) is 1.66. The third-order valence-corrected chi connectivity index (χ3v) is 2.29. The van der Waals surface area contributed by atoms with Crippen molar-refractivity contribution >= 4 is 17.3 Å². The molecule has 0 aromatic carbocycles. The van der Waals surface area contributed by atoms with Gasteiger partial charge in [0.25, 0.3) is 0 Å². The fourth-order valence-electron chi connectivity index (χ4n) is 0.819. The van der Waals surface area contributed by atoms with E-state index in [0.717, 1.165) is 6.42 Å². The van der Waals surface area contributed by atoms with Gasteiger partial charge in [0, 0.05) is 0 Å². The van der Waals surface area contributed by atoms with Crippen LogP contribution in [-0.2, 0) is 0 Å². The second kappa shape index (κ2) is 4.67. The highest BCUT2D eigenvalue weighted by Gasteiger charge is 2.11. The van der Waals surface area contributed by atoms with Gasteiger partial charge >= 0.3 is 5.97 Å². The van der Waals surface area contributed by atoms with Crippen LogP contribution in [0.5, 0.6) is 5.75 Å². The Morgan fingerprint density at radius 2 is 2.54 bits per heavy atom. The summed E-state index contributed by atoms with van der Waals surface area (Å²) in [4.78, 5) is 10.9. The van der Waals surface area contributed by atoms with Crippen LogP contribution < -0.4 is 4.74 Å². The number of carboxylic acids is 1. The van der Waals surface area contributed by atoms with Crippen molar-refractivity contribution in [2.24, 2.45) is 0 Å². The quantitative estimate of drug-likeness (QED) is 0.583. The van der Waals surface area contributed by atoms with Crippen molar-refractivity contribution in [1.82, 2.24) is 0 Å². The molecule has 0 aliphatic carbocycles. The molecule has 0 bridgehead atoms. The van der Waals surface area contributed by atoms with Crippen LogP contribution >= 0.6 is 11.3 Å². The van der Waals surface area contributed by atoms with E-state index >= 15 is 0 Å². The van der Waals surface area contributed by atoms with Gasteiger partial charge in [-0.05, 0) is 17.9 Å². The maximum atomic E-state index is 10.6. The molecule has 0 atom stereocenters. The monoisotopic (exact) mass is 198 g/mol. The maximum Gasteiger partial charge on any atom is 0.349 e. The summed E-state index contributed by atoms with van der Waals surface area (Å²) in [5.74, 6) is -0.497. The first-order chi connectivity index (χ1) is 6.25. The highest BCUT2D eigenvalue weighted by molar-refractivity contribution is 7.12. The van der Waals surface area contributed by atoms with E-state index in [2.05, 4.69) is 6.58 Å². The Morgan fingerprint density at radius 3 is 3.15 bits per heavy atom. The van der Waals surface area contributed by atoms with Crippen molar-refractivity contribution in [1.29, 1.82) is 0 Å². The zero-order valence-electron chi connectivity index (χ0n) is 7.03. The van der Waals surface area contributed by atoms with Gasteiger partial charge in [-0.3, -0.25) is 0 Å². The van der Waals surface area contributed by atoms with Gasteiger partial charge in [-0.15, -0.1) is 17.9 Å². The molecule has 3 nitrogen and oxygen atoms in total. The van der Waals surface area contributed by atoms with Crippen molar-refractivity contribution in [3.63, 3.8) is 0 Å². The second-order valence-electron chi connectivity index (χ2n) is 2.34. The molecule has 13 heavy (non-hydrogen) atoms. The van der Waals surface area contributed by atoms with E-state index in [4.69, 9.17) is 9.84 Å². The molecular weight excluding hydrogens is 188 g/mol. The van der Waals surface area contributed by atoms with Gasteiger partial charge in [0.2, 0.25) is 0 Å². The van der Waals surface area contributed by atoms with E-state index in [1.807, 2.05) is 0 Å². The van der Waals surface area contributed by atoms with Crippen LogP contribution in [0.1, 0.15) is 16.1 Å². The number of ether oxygens (including phenoxy) is 1. The summed E-state index contributed by atoms with van der Waals surface area (Å²) in [6.45, 7) is 4.02. The lowest BCUT2D eigenvalue weighted by Gasteiger charge is -2.02. The first kappa shape index (κ1) is 9.80. The summed E-state index contributed by atoms with van der Waals surface area (Å²) in [7, 11) is 0. The molecule has 0 radical (unpaired) electrons. The second-order valence-corrected chi connectivity index (χ2v) is 3.26. The summed E-state index contributed by atoms with van der Waals surface area (Å²) in [5.41, 5.74) is 0. The fraction of sp³-hybridized carbons (Fsp3) is 0.222. The Labute approximate surface area is 80.3 Å². The van der Waals surface area contributed by atoms with Crippen molar-refractivity contribution in [3.05, 3.63) is 29.0 Å². The number of carboxylic acid groups (broad SMARTS) is 1. The molecule has 0 aliphatic rings. The van der Waals surface area contributed by atoms with Crippen molar-refractivity contribution < 1.29 is 14.6 Å². The van der Waals surface area contributed by atoms with Gasteiger partial charge in [-0.2, -0.15) is 0 Å². The number of aromatic carboxylic acids is 1. The molecule has 0 fully saturated rings. The lowest BCUT2D eigenvalue weighted by Crippen LogP contribution is -2.00. The predicted molar refractivity (Wildman–Crippen MR) is 51.6 cm³/mol. The zero-order chi connectivity index (χ0) is 9.68. The summed E-state index contributed by atoms with van der Waals surface area (Å²) in [6.07, 6.45) is 2.45. The Bertz CT molecular complexity index is 304. The minimum Gasteiger partial charge on any atom is -0.491 e. The largest absolute Gasteiger partial charge is 0.491 e. The van der Waals surface area contributed by atoms with Gasteiger partial charge < -0.3 is 9.84 Å². The molecule has 0 unspecified atom stereocenters. The fourth-order valence-corrected chi connectivity index (χ4v) is 1.49. The highest BCUT2D eigenvalue weighted by atomic mass is 32.1. The van der Waals surface area contributed by atoms with E-state index < -0.39 is 5.97 Å². The van der Waals surface area contributed by atoms with E-state index in [1.165, 1.54) is 11.3 Å². The molecular formula is C9H10O3S. The summed E-state index contributed by atoms with van der Waals surface area (Å²) < 4.78 is 5.24. The number of thiophene rings is 1. The molecule has 1 aromatic rings. The number of carbonyl (C=O) groups is 1. The summed E-state index contributed by atoms with van der Waals surface area (Å²) in [5, 5.41) is 10.4. The van der Waals surface area contributed by atoms with Crippen molar-refractivity contribution in [3.8, 4) is 5.75 Å². The molecule has 1 heterocycles. The molecule has 0 aliphatic heterocycles. The maximum absolute atomic E-state index is 10.6. The van der Waals surface area contributed by atoms with Crippen LogP contribution in [0.25, 0.3) is 0 Å². The van der Waals surface area contributed by atoms with Crippen LogP contribution in [0.15, 0.2) is 24.1 Å². The third kappa shape index (κ3) is 2.59. The van der Waals surface area contributed by atoms with Crippen LogP contribution in [-0.4, -0.2) is 17.7 Å². The molecule has 1 N–H and O–H groups in total. The zero-order valence-corrected chi connectivity index (χ0v) is 7.84. The first-order valence-corrected chi connectivity index (χ1v) is 4.68.